The minimum absolute atomic E-state index is 0.0427. The number of aliphatic hydroxyl groups is 1. The number of aromatic nitrogens is 3. The Morgan fingerprint density at radius 1 is 1.27 bits per heavy atom. The molecule has 9 heteroatoms. The van der Waals surface area contributed by atoms with Gasteiger partial charge in [0, 0.05) is 35.3 Å². The third-order valence-electron chi connectivity index (χ3n) is 4.37. The number of hydrogen-bond donors (Lipinski definition) is 2. The van der Waals surface area contributed by atoms with Crippen LogP contribution < -0.4 is 0 Å². The summed E-state index contributed by atoms with van der Waals surface area (Å²) in [4.78, 5) is 23.9. The van der Waals surface area contributed by atoms with Crippen molar-refractivity contribution in [2.75, 3.05) is 13.2 Å². The van der Waals surface area contributed by atoms with Crippen LogP contribution in [-0.2, 0) is 11.2 Å². The highest BCUT2D eigenvalue weighted by molar-refractivity contribution is 7.99. The Labute approximate surface area is 178 Å². The van der Waals surface area contributed by atoms with Gasteiger partial charge in [0.05, 0.1) is 23.8 Å². The molecule has 0 aliphatic heterocycles. The molecule has 0 saturated heterocycles. The van der Waals surface area contributed by atoms with Gasteiger partial charge >= 0.3 is 0 Å². The first-order valence-electron chi connectivity index (χ1n) is 9.62. The van der Waals surface area contributed by atoms with E-state index in [-0.39, 0.29) is 24.8 Å². The van der Waals surface area contributed by atoms with Gasteiger partial charge in [-0.25, -0.2) is 4.98 Å². The van der Waals surface area contributed by atoms with Crippen LogP contribution in [0, 0.1) is 10.1 Å². The quantitative estimate of drug-likeness (QED) is 0.366. The van der Waals surface area contributed by atoms with Gasteiger partial charge in [-0.15, -0.1) is 0 Å². The second-order valence-corrected chi connectivity index (χ2v) is 8.02. The van der Waals surface area contributed by atoms with Crippen LogP contribution in [0.4, 0.5) is 5.69 Å². The van der Waals surface area contributed by atoms with Crippen LogP contribution in [0.3, 0.4) is 0 Å². The van der Waals surface area contributed by atoms with Gasteiger partial charge < -0.3 is 14.8 Å². The van der Waals surface area contributed by atoms with E-state index in [0.717, 1.165) is 21.3 Å². The average molecular weight is 429 g/mol. The zero-order valence-corrected chi connectivity index (χ0v) is 17.6. The van der Waals surface area contributed by atoms with Gasteiger partial charge in [-0.1, -0.05) is 37.7 Å². The van der Waals surface area contributed by atoms with E-state index in [0.29, 0.717) is 12.2 Å². The molecule has 0 radical (unpaired) electrons. The molecule has 0 aliphatic carbocycles. The number of nitrogens with zero attached hydrogens (tertiary/aromatic N) is 3. The SMILES string of the molecule is CC(C)c1[nH]c(C(Cc2ccccn2)OCCO)nc1Sc1cccc([N+](=O)[O-])c1. The van der Waals surface area contributed by atoms with Gasteiger partial charge in [0.15, 0.2) is 0 Å². The third-order valence-corrected chi connectivity index (χ3v) is 5.37. The van der Waals surface area contributed by atoms with E-state index >= 15 is 0 Å². The smallest absolute Gasteiger partial charge is 0.270 e. The second kappa shape index (κ2) is 10.3. The number of nitrogens with one attached hydrogen (secondary N) is 1. The number of aliphatic hydroxyl groups excluding tert-OH is 1. The van der Waals surface area contributed by atoms with Crippen molar-refractivity contribution in [2.45, 2.75) is 42.2 Å². The fourth-order valence-corrected chi connectivity index (χ4v) is 4.01. The van der Waals surface area contributed by atoms with Crippen molar-refractivity contribution in [1.29, 1.82) is 0 Å². The topological polar surface area (TPSA) is 114 Å². The van der Waals surface area contributed by atoms with Crippen LogP contribution in [0.15, 0.2) is 58.6 Å². The number of ether oxygens (including phenoxy) is 1. The molecule has 30 heavy (non-hydrogen) atoms. The number of non-ortho nitro benzene ring substituents is 1. The molecule has 158 valence electrons. The Kier molecular flexibility index (Phi) is 7.56. The maximum atomic E-state index is 11.1. The van der Waals surface area contributed by atoms with Crippen molar-refractivity contribution >= 4 is 17.4 Å². The van der Waals surface area contributed by atoms with E-state index in [9.17, 15) is 15.2 Å². The summed E-state index contributed by atoms with van der Waals surface area (Å²) < 4.78 is 5.85. The molecule has 1 unspecified atom stereocenters. The summed E-state index contributed by atoms with van der Waals surface area (Å²) in [6.07, 6.45) is 1.83. The monoisotopic (exact) mass is 428 g/mol. The predicted molar refractivity (Wildman–Crippen MR) is 114 cm³/mol. The highest BCUT2D eigenvalue weighted by atomic mass is 32.2. The highest BCUT2D eigenvalue weighted by Crippen LogP contribution is 2.35. The zero-order chi connectivity index (χ0) is 21.5. The molecule has 0 saturated carbocycles. The van der Waals surface area contributed by atoms with Crippen molar-refractivity contribution in [3.05, 3.63) is 76.0 Å². The number of nitro groups is 1. The number of H-pyrrole nitrogens is 1. The summed E-state index contributed by atoms with van der Waals surface area (Å²) in [5.74, 6) is 0.812. The Hall–Kier alpha value is -2.75. The highest BCUT2D eigenvalue weighted by Gasteiger charge is 2.22. The molecule has 0 bridgehead atoms. The van der Waals surface area contributed by atoms with E-state index in [4.69, 9.17) is 9.72 Å². The number of imidazole rings is 1. The van der Waals surface area contributed by atoms with Crippen LogP contribution in [0.5, 0.6) is 0 Å². The molecule has 1 atom stereocenters. The van der Waals surface area contributed by atoms with Crippen LogP contribution in [0.2, 0.25) is 0 Å². The third kappa shape index (κ3) is 5.65. The molecular formula is C21H24N4O4S. The zero-order valence-electron chi connectivity index (χ0n) is 16.8. The molecule has 1 aromatic carbocycles. The van der Waals surface area contributed by atoms with E-state index in [1.165, 1.54) is 23.9 Å². The molecule has 3 rings (SSSR count). The maximum absolute atomic E-state index is 11.1. The second-order valence-electron chi connectivity index (χ2n) is 6.96. The van der Waals surface area contributed by atoms with Crippen LogP contribution >= 0.6 is 11.8 Å². The summed E-state index contributed by atoms with van der Waals surface area (Å²) >= 11 is 1.38. The van der Waals surface area contributed by atoms with E-state index < -0.39 is 11.0 Å². The standard InChI is InChI=1S/C21H24N4O4S/c1-14(2)19-21(30-17-8-5-7-16(13-17)25(27)28)24-20(23-19)18(29-11-10-26)12-15-6-3-4-9-22-15/h3-9,13-14,18,26H,10-12H2,1-2H3,(H,23,24). The normalized spacial score (nSPS) is 12.3. The lowest BCUT2D eigenvalue weighted by molar-refractivity contribution is -0.385. The number of pyridine rings is 1. The first-order chi connectivity index (χ1) is 14.5. The number of rotatable bonds is 10. The molecule has 0 aliphatic rings. The Balaban J connectivity index is 1.90. The molecule has 2 heterocycles. The number of benzene rings is 1. The summed E-state index contributed by atoms with van der Waals surface area (Å²) in [6.45, 7) is 4.20. The fourth-order valence-electron chi connectivity index (χ4n) is 2.92. The van der Waals surface area contributed by atoms with Crippen LogP contribution in [0.1, 0.15) is 43.1 Å². The van der Waals surface area contributed by atoms with E-state index in [2.05, 4.69) is 23.8 Å². The largest absolute Gasteiger partial charge is 0.394 e. The summed E-state index contributed by atoms with van der Waals surface area (Å²) in [5.41, 5.74) is 1.83. The number of hydrogen-bond acceptors (Lipinski definition) is 7. The fraction of sp³-hybridized carbons (Fsp3) is 0.333. The van der Waals surface area contributed by atoms with Gasteiger partial charge in [-0.05, 0) is 24.1 Å². The summed E-state index contributed by atoms with van der Waals surface area (Å²) in [6, 6.07) is 12.2. The minimum Gasteiger partial charge on any atom is -0.394 e. The minimum atomic E-state index is -0.408. The number of nitro benzene ring substituents is 1. The van der Waals surface area contributed by atoms with Crippen molar-refractivity contribution < 1.29 is 14.8 Å². The van der Waals surface area contributed by atoms with Gasteiger partial charge in [-0.3, -0.25) is 15.1 Å². The molecule has 2 aromatic heterocycles. The van der Waals surface area contributed by atoms with E-state index in [1.54, 1.807) is 12.3 Å². The molecule has 0 fully saturated rings. The first-order valence-corrected chi connectivity index (χ1v) is 10.4. The summed E-state index contributed by atoms with van der Waals surface area (Å²) in [7, 11) is 0. The first kappa shape index (κ1) is 21.9. The Morgan fingerprint density at radius 2 is 2.10 bits per heavy atom. The van der Waals surface area contributed by atoms with Crippen molar-refractivity contribution in [1.82, 2.24) is 15.0 Å². The average Bonchev–Trinajstić information content (AvgIpc) is 3.16. The molecular weight excluding hydrogens is 404 g/mol. The van der Waals surface area contributed by atoms with Crippen molar-refractivity contribution in [2.24, 2.45) is 0 Å². The lowest BCUT2D eigenvalue weighted by Gasteiger charge is -2.15. The molecule has 2 N–H and O–H groups in total. The Morgan fingerprint density at radius 3 is 2.77 bits per heavy atom. The van der Waals surface area contributed by atoms with Gasteiger partial charge in [0.1, 0.15) is 17.0 Å². The Bertz CT molecular complexity index is 978. The lowest BCUT2D eigenvalue weighted by atomic mass is 10.1. The molecule has 0 spiro atoms. The van der Waals surface area contributed by atoms with Gasteiger partial charge in [-0.2, -0.15) is 0 Å². The van der Waals surface area contributed by atoms with Gasteiger partial charge in [0.2, 0.25) is 0 Å². The summed E-state index contributed by atoms with van der Waals surface area (Å²) in [5, 5.41) is 21.0. The number of aromatic amines is 1. The molecule has 0 amide bonds. The molecule has 8 nitrogen and oxygen atoms in total. The van der Waals surface area contributed by atoms with Gasteiger partial charge in [0.25, 0.3) is 5.69 Å². The lowest BCUT2D eigenvalue weighted by Crippen LogP contribution is -2.13. The van der Waals surface area contributed by atoms with E-state index in [1.807, 2.05) is 24.3 Å². The van der Waals surface area contributed by atoms with Crippen molar-refractivity contribution in [3.8, 4) is 0 Å². The van der Waals surface area contributed by atoms with Crippen molar-refractivity contribution in [3.63, 3.8) is 0 Å². The van der Waals surface area contributed by atoms with Crippen LogP contribution in [-0.4, -0.2) is 38.2 Å². The van der Waals surface area contributed by atoms with Crippen LogP contribution in [0.25, 0.3) is 0 Å². The predicted octanol–water partition coefficient (Wildman–Crippen LogP) is 4.28. The maximum Gasteiger partial charge on any atom is 0.270 e. The molecule has 3 aromatic rings.